The Labute approximate surface area is 161 Å². The Hall–Kier alpha value is -2.17. The molecule has 0 spiro atoms. The van der Waals surface area contributed by atoms with E-state index in [1.807, 2.05) is 60.4 Å². The van der Waals surface area contributed by atoms with Crippen LogP contribution < -0.4 is 0 Å². The molecule has 0 bridgehead atoms. The molecular formula is C21H19ClN2OS. The number of thiazole rings is 1. The van der Waals surface area contributed by atoms with Gasteiger partial charge in [-0.05, 0) is 50.1 Å². The van der Waals surface area contributed by atoms with Crippen molar-refractivity contribution in [1.82, 2.24) is 9.88 Å². The first kappa shape index (κ1) is 17.3. The Bertz CT molecular complexity index is 1040. The van der Waals surface area contributed by atoms with Crippen molar-refractivity contribution in [1.29, 1.82) is 0 Å². The maximum atomic E-state index is 13.2. The van der Waals surface area contributed by atoms with Gasteiger partial charge in [0.2, 0.25) is 0 Å². The minimum Gasteiger partial charge on any atom is -0.323 e. The van der Waals surface area contributed by atoms with Crippen LogP contribution in [0.3, 0.4) is 0 Å². The standard InChI is InChI=1S/C21H19ClN2OS/c1-13-12-24(19(25)18(13)14-7-5-4-6-8-14)21(2,3)20-23-16-11-15(22)9-10-17(16)26-20/h4-11H,12H2,1-3H3. The molecule has 5 heteroatoms. The molecule has 0 N–H and O–H groups in total. The van der Waals surface area contributed by atoms with Crippen LogP contribution in [0, 0.1) is 0 Å². The van der Waals surface area contributed by atoms with Gasteiger partial charge in [0.05, 0.1) is 15.8 Å². The maximum absolute atomic E-state index is 13.2. The second-order valence-electron chi connectivity index (χ2n) is 7.10. The van der Waals surface area contributed by atoms with Gasteiger partial charge in [-0.3, -0.25) is 4.79 Å². The molecular weight excluding hydrogens is 364 g/mol. The molecule has 26 heavy (non-hydrogen) atoms. The smallest absolute Gasteiger partial charge is 0.255 e. The fourth-order valence-electron chi connectivity index (χ4n) is 3.41. The SMILES string of the molecule is CC1=C(c2ccccc2)C(=O)N(C(C)(C)c2nc3cc(Cl)ccc3s2)C1. The molecule has 4 rings (SSSR count). The van der Waals surface area contributed by atoms with E-state index in [-0.39, 0.29) is 5.91 Å². The summed E-state index contributed by atoms with van der Waals surface area (Å²) in [5.41, 5.74) is 3.27. The molecule has 0 saturated carbocycles. The molecule has 0 radical (unpaired) electrons. The molecule has 0 aliphatic carbocycles. The molecule has 0 unspecified atom stereocenters. The second-order valence-corrected chi connectivity index (χ2v) is 8.57. The molecule has 0 fully saturated rings. The van der Waals surface area contributed by atoms with Gasteiger partial charge < -0.3 is 4.90 Å². The monoisotopic (exact) mass is 382 g/mol. The van der Waals surface area contributed by atoms with E-state index in [1.54, 1.807) is 11.3 Å². The number of amides is 1. The van der Waals surface area contributed by atoms with Gasteiger partial charge in [-0.1, -0.05) is 41.9 Å². The van der Waals surface area contributed by atoms with Crippen LogP contribution in [0.5, 0.6) is 0 Å². The quantitative estimate of drug-likeness (QED) is 0.599. The normalized spacial score (nSPS) is 15.4. The van der Waals surface area contributed by atoms with Gasteiger partial charge in [0.1, 0.15) is 5.01 Å². The van der Waals surface area contributed by atoms with Crippen LogP contribution in [0.4, 0.5) is 0 Å². The Morgan fingerprint density at radius 3 is 2.62 bits per heavy atom. The minimum atomic E-state index is -0.495. The lowest BCUT2D eigenvalue weighted by Crippen LogP contribution is -2.43. The summed E-state index contributed by atoms with van der Waals surface area (Å²) in [7, 11) is 0. The highest BCUT2D eigenvalue weighted by Gasteiger charge is 2.41. The van der Waals surface area contributed by atoms with Crippen LogP contribution in [0.25, 0.3) is 15.8 Å². The number of rotatable bonds is 3. The first-order valence-electron chi connectivity index (χ1n) is 8.51. The first-order chi connectivity index (χ1) is 12.4. The molecule has 1 aliphatic rings. The average molecular weight is 383 g/mol. The Kier molecular flexibility index (Phi) is 4.13. The van der Waals surface area contributed by atoms with E-state index in [0.29, 0.717) is 11.6 Å². The van der Waals surface area contributed by atoms with Gasteiger partial charge in [0.15, 0.2) is 0 Å². The zero-order chi connectivity index (χ0) is 18.5. The summed E-state index contributed by atoms with van der Waals surface area (Å²) in [6.07, 6.45) is 0. The molecule has 1 amide bonds. The van der Waals surface area contributed by atoms with Crippen molar-refractivity contribution in [3.8, 4) is 0 Å². The maximum Gasteiger partial charge on any atom is 0.255 e. The fraction of sp³-hybridized carbons (Fsp3) is 0.238. The Morgan fingerprint density at radius 2 is 1.88 bits per heavy atom. The third-order valence-electron chi connectivity index (χ3n) is 4.89. The summed E-state index contributed by atoms with van der Waals surface area (Å²) in [5, 5.41) is 1.60. The van der Waals surface area contributed by atoms with E-state index < -0.39 is 5.54 Å². The lowest BCUT2D eigenvalue weighted by atomic mass is 10.0. The molecule has 3 nitrogen and oxygen atoms in total. The Balaban J connectivity index is 1.71. The minimum absolute atomic E-state index is 0.0657. The number of halogens is 1. The van der Waals surface area contributed by atoms with E-state index >= 15 is 0 Å². The number of hydrogen-bond donors (Lipinski definition) is 0. The van der Waals surface area contributed by atoms with Crippen LogP contribution in [0.15, 0.2) is 54.1 Å². The van der Waals surface area contributed by atoms with Crippen molar-refractivity contribution in [2.45, 2.75) is 26.3 Å². The summed E-state index contributed by atoms with van der Waals surface area (Å²) < 4.78 is 1.08. The highest BCUT2D eigenvalue weighted by atomic mass is 35.5. The van der Waals surface area contributed by atoms with E-state index in [0.717, 1.165) is 31.9 Å². The molecule has 0 saturated heterocycles. The van der Waals surface area contributed by atoms with Crippen LogP contribution in [0.1, 0.15) is 31.3 Å². The number of fused-ring (bicyclic) bond motifs is 1. The van der Waals surface area contributed by atoms with Crippen molar-refractivity contribution >= 4 is 44.6 Å². The van der Waals surface area contributed by atoms with E-state index in [9.17, 15) is 4.79 Å². The molecule has 1 aromatic heterocycles. The third-order valence-corrected chi connectivity index (χ3v) is 6.48. The van der Waals surface area contributed by atoms with Gasteiger partial charge in [0, 0.05) is 17.1 Å². The van der Waals surface area contributed by atoms with E-state index in [1.165, 1.54) is 0 Å². The molecule has 132 valence electrons. The van der Waals surface area contributed by atoms with Gasteiger partial charge in [0.25, 0.3) is 5.91 Å². The van der Waals surface area contributed by atoms with E-state index in [2.05, 4.69) is 13.8 Å². The first-order valence-corrected chi connectivity index (χ1v) is 9.71. The van der Waals surface area contributed by atoms with Gasteiger partial charge in [-0.15, -0.1) is 11.3 Å². The highest BCUT2D eigenvalue weighted by Crippen LogP contribution is 2.40. The van der Waals surface area contributed by atoms with Crippen molar-refractivity contribution in [3.05, 3.63) is 69.7 Å². The summed E-state index contributed by atoms with van der Waals surface area (Å²) in [6, 6.07) is 15.6. The Morgan fingerprint density at radius 1 is 1.15 bits per heavy atom. The largest absolute Gasteiger partial charge is 0.323 e. The summed E-state index contributed by atoms with van der Waals surface area (Å²) in [6.45, 7) is 6.78. The predicted molar refractivity (Wildman–Crippen MR) is 108 cm³/mol. The van der Waals surface area contributed by atoms with Crippen molar-refractivity contribution < 1.29 is 4.79 Å². The zero-order valence-electron chi connectivity index (χ0n) is 14.9. The lowest BCUT2D eigenvalue weighted by Gasteiger charge is -2.34. The zero-order valence-corrected chi connectivity index (χ0v) is 16.5. The molecule has 2 heterocycles. The summed E-state index contributed by atoms with van der Waals surface area (Å²) in [5.74, 6) is 0.0657. The van der Waals surface area contributed by atoms with Gasteiger partial charge in [-0.25, -0.2) is 4.98 Å². The van der Waals surface area contributed by atoms with Crippen LogP contribution in [-0.2, 0) is 10.3 Å². The van der Waals surface area contributed by atoms with Gasteiger partial charge >= 0.3 is 0 Å². The van der Waals surface area contributed by atoms with Crippen molar-refractivity contribution in [2.75, 3.05) is 6.54 Å². The van der Waals surface area contributed by atoms with Gasteiger partial charge in [-0.2, -0.15) is 0 Å². The summed E-state index contributed by atoms with van der Waals surface area (Å²) >= 11 is 7.71. The molecule has 1 aliphatic heterocycles. The fourth-order valence-corrected chi connectivity index (χ4v) is 4.63. The highest BCUT2D eigenvalue weighted by molar-refractivity contribution is 7.18. The number of benzene rings is 2. The topological polar surface area (TPSA) is 33.2 Å². The second kappa shape index (κ2) is 6.22. The van der Waals surface area contributed by atoms with Crippen LogP contribution >= 0.6 is 22.9 Å². The third kappa shape index (κ3) is 2.74. The lowest BCUT2D eigenvalue weighted by molar-refractivity contribution is -0.128. The molecule has 2 aromatic carbocycles. The number of carbonyl (C=O) groups is 1. The van der Waals surface area contributed by atoms with Crippen molar-refractivity contribution in [3.63, 3.8) is 0 Å². The number of hydrogen-bond acceptors (Lipinski definition) is 3. The molecule has 3 aromatic rings. The number of carbonyl (C=O) groups excluding carboxylic acids is 1. The van der Waals surface area contributed by atoms with Crippen molar-refractivity contribution in [2.24, 2.45) is 0 Å². The van der Waals surface area contributed by atoms with Crippen LogP contribution in [-0.4, -0.2) is 22.3 Å². The number of nitrogens with zero attached hydrogens (tertiary/aromatic N) is 2. The molecule has 0 atom stereocenters. The van der Waals surface area contributed by atoms with Crippen LogP contribution in [0.2, 0.25) is 5.02 Å². The number of aromatic nitrogens is 1. The predicted octanol–water partition coefficient (Wildman–Crippen LogP) is 5.50. The van der Waals surface area contributed by atoms with E-state index in [4.69, 9.17) is 16.6 Å². The summed E-state index contributed by atoms with van der Waals surface area (Å²) in [4.78, 5) is 19.9. The average Bonchev–Trinajstić information content (AvgIpc) is 3.17.